The molecule has 0 unspecified atom stereocenters. The zero-order chi connectivity index (χ0) is 20.7. The second-order valence-electron chi connectivity index (χ2n) is 7.61. The molecule has 1 N–H and O–H groups in total. The molecule has 0 bridgehead atoms. The van der Waals surface area contributed by atoms with E-state index < -0.39 is 11.7 Å². The van der Waals surface area contributed by atoms with E-state index in [-0.39, 0.29) is 18.4 Å². The number of hydrogen-bond donors (Lipinski definition) is 1. The number of alkyl carbamates (subject to hydrolysis) is 1. The number of amides is 3. The lowest BCUT2D eigenvalue weighted by atomic mass is 10.2. The summed E-state index contributed by atoms with van der Waals surface area (Å²) in [4.78, 5) is 40.2. The molecule has 1 heterocycles. The highest BCUT2D eigenvalue weighted by Gasteiger charge is 2.24. The third-order valence-electron chi connectivity index (χ3n) is 4.26. The summed E-state index contributed by atoms with van der Waals surface area (Å²) in [7, 11) is 1.58. The van der Waals surface area contributed by atoms with E-state index in [9.17, 15) is 14.4 Å². The van der Waals surface area contributed by atoms with Crippen LogP contribution in [0.4, 0.5) is 4.79 Å². The number of ether oxygens (including phenoxy) is 2. The van der Waals surface area contributed by atoms with Crippen LogP contribution in [0.3, 0.4) is 0 Å². The van der Waals surface area contributed by atoms with Crippen molar-refractivity contribution in [3.8, 4) is 5.75 Å². The molecule has 2 rings (SSSR count). The lowest BCUT2D eigenvalue weighted by Gasteiger charge is -2.23. The Kier molecular flexibility index (Phi) is 7.25. The van der Waals surface area contributed by atoms with E-state index in [0.29, 0.717) is 43.9 Å². The molecule has 8 nitrogen and oxygen atoms in total. The summed E-state index contributed by atoms with van der Waals surface area (Å²) in [5.41, 5.74) is -0.0231. The van der Waals surface area contributed by atoms with E-state index >= 15 is 0 Å². The van der Waals surface area contributed by atoms with Crippen molar-refractivity contribution in [2.24, 2.45) is 0 Å². The molecule has 0 aliphatic carbocycles. The maximum atomic E-state index is 12.7. The van der Waals surface area contributed by atoms with E-state index in [1.807, 2.05) is 0 Å². The van der Waals surface area contributed by atoms with Crippen molar-refractivity contribution in [1.82, 2.24) is 15.1 Å². The molecule has 1 saturated heterocycles. The Morgan fingerprint density at radius 2 is 1.61 bits per heavy atom. The van der Waals surface area contributed by atoms with Gasteiger partial charge < -0.3 is 24.6 Å². The Morgan fingerprint density at radius 1 is 1.00 bits per heavy atom. The van der Waals surface area contributed by atoms with Gasteiger partial charge in [-0.25, -0.2) is 4.79 Å². The molecule has 0 aromatic heterocycles. The molecule has 0 atom stereocenters. The summed E-state index contributed by atoms with van der Waals surface area (Å²) in [6, 6.07) is 6.98. The molecule has 3 amide bonds. The van der Waals surface area contributed by atoms with Gasteiger partial charge in [0, 0.05) is 31.7 Å². The second-order valence-corrected chi connectivity index (χ2v) is 7.61. The van der Waals surface area contributed by atoms with Gasteiger partial charge in [0.1, 0.15) is 17.9 Å². The fraction of sp³-hybridized carbons (Fsp3) is 0.550. The number of methoxy groups -OCH3 is 1. The fourth-order valence-electron chi connectivity index (χ4n) is 2.86. The Morgan fingerprint density at radius 3 is 2.21 bits per heavy atom. The van der Waals surface area contributed by atoms with Crippen molar-refractivity contribution in [3.63, 3.8) is 0 Å². The van der Waals surface area contributed by atoms with Crippen molar-refractivity contribution in [2.75, 3.05) is 39.8 Å². The standard InChI is InChI=1S/C20H29N3O5/c1-20(2,3)28-19(26)21-14-17(24)22-10-5-11-23(13-12-22)18(25)15-6-8-16(27-4)9-7-15/h6-9H,5,10-14H2,1-4H3,(H,21,26). The number of benzene rings is 1. The van der Waals surface area contributed by atoms with Crippen LogP contribution >= 0.6 is 0 Å². The normalized spacial score (nSPS) is 14.9. The first-order valence-corrected chi connectivity index (χ1v) is 9.37. The van der Waals surface area contributed by atoms with Gasteiger partial charge in [0.05, 0.1) is 7.11 Å². The van der Waals surface area contributed by atoms with Crippen LogP contribution in [0.25, 0.3) is 0 Å². The van der Waals surface area contributed by atoms with E-state index in [1.165, 1.54) is 0 Å². The topological polar surface area (TPSA) is 88.2 Å². The molecule has 154 valence electrons. The van der Waals surface area contributed by atoms with Crippen molar-refractivity contribution >= 4 is 17.9 Å². The number of rotatable bonds is 4. The molecule has 0 radical (unpaired) electrons. The number of carbonyl (C=O) groups excluding carboxylic acids is 3. The number of nitrogens with one attached hydrogen (secondary N) is 1. The first kappa shape index (κ1) is 21.5. The maximum Gasteiger partial charge on any atom is 0.408 e. The highest BCUT2D eigenvalue weighted by atomic mass is 16.6. The summed E-state index contributed by atoms with van der Waals surface area (Å²) in [6.07, 6.45) is 0.0621. The van der Waals surface area contributed by atoms with E-state index in [0.717, 1.165) is 0 Å². The summed E-state index contributed by atoms with van der Waals surface area (Å²) >= 11 is 0. The third-order valence-corrected chi connectivity index (χ3v) is 4.26. The molecule has 0 saturated carbocycles. The maximum absolute atomic E-state index is 12.7. The molecular weight excluding hydrogens is 362 g/mol. The molecule has 28 heavy (non-hydrogen) atoms. The Hall–Kier alpha value is -2.77. The average molecular weight is 391 g/mol. The molecule has 1 fully saturated rings. The molecule has 0 spiro atoms. The molecular formula is C20H29N3O5. The second kappa shape index (κ2) is 9.43. The Balaban J connectivity index is 1.85. The summed E-state index contributed by atoms with van der Waals surface area (Å²) < 4.78 is 10.2. The smallest absolute Gasteiger partial charge is 0.408 e. The largest absolute Gasteiger partial charge is 0.497 e. The first-order valence-electron chi connectivity index (χ1n) is 9.37. The van der Waals surface area contributed by atoms with Crippen LogP contribution in [0.1, 0.15) is 37.6 Å². The van der Waals surface area contributed by atoms with Gasteiger partial charge in [-0.3, -0.25) is 9.59 Å². The summed E-state index contributed by atoms with van der Waals surface area (Å²) in [5, 5.41) is 2.48. The molecule has 1 aliphatic heterocycles. The monoisotopic (exact) mass is 391 g/mol. The number of nitrogens with zero attached hydrogens (tertiary/aromatic N) is 2. The lowest BCUT2D eigenvalue weighted by Crippen LogP contribution is -2.43. The third kappa shape index (κ3) is 6.44. The van der Waals surface area contributed by atoms with Crippen molar-refractivity contribution < 1.29 is 23.9 Å². The van der Waals surface area contributed by atoms with Crippen LogP contribution < -0.4 is 10.1 Å². The minimum absolute atomic E-state index is 0.0659. The van der Waals surface area contributed by atoms with Crippen LogP contribution in [-0.2, 0) is 9.53 Å². The van der Waals surface area contributed by atoms with Gasteiger partial charge in [-0.05, 0) is 51.5 Å². The Labute approximate surface area is 165 Å². The van der Waals surface area contributed by atoms with Crippen molar-refractivity contribution in [1.29, 1.82) is 0 Å². The fourth-order valence-corrected chi connectivity index (χ4v) is 2.86. The van der Waals surface area contributed by atoms with Crippen LogP contribution in [0.15, 0.2) is 24.3 Å². The minimum Gasteiger partial charge on any atom is -0.497 e. The van der Waals surface area contributed by atoms with Gasteiger partial charge in [-0.1, -0.05) is 0 Å². The van der Waals surface area contributed by atoms with Crippen molar-refractivity contribution in [2.45, 2.75) is 32.8 Å². The van der Waals surface area contributed by atoms with Gasteiger partial charge in [-0.2, -0.15) is 0 Å². The lowest BCUT2D eigenvalue weighted by molar-refractivity contribution is -0.130. The van der Waals surface area contributed by atoms with E-state index in [1.54, 1.807) is 61.9 Å². The van der Waals surface area contributed by atoms with Gasteiger partial charge in [0.25, 0.3) is 5.91 Å². The van der Waals surface area contributed by atoms with Crippen LogP contribution in [0.5, 0.6) is 5.75 Å². The van der Waals surface area contributed by atoms with Crippen LogP contribution in [0.2, 0.25) is 0 Å². The molecule has 1 aromatic carbocycles. The summed E-state index contributed by atoms with van der Waals surface area (Å²) in [5.74, 6) is 0.440. The SMILES string of the molecule is COc1ccc(C(=O)N2CCCN(C(=O)CNC(=O)OC(C)(C)C)CC2)cc1. The van der Waals surface area contributed by atoms with Gasteiger partial charge in [0.15, 0.2) is 0 Å². The Bertz CT molecular complexity index is 697. The van der Waals surface area contributed by atoms with Crippen LogP contribution in [0, 0.1) is 0 Å². The van der Waals surface area contributed by atoms with Gasteiger partial charge in [0.2, 0.25) is 5.91 Å². The molecule has 1 aromatic rings. The predicted octanol–water partition coefficient (Wildman–Crippen LogP) is 1.89. The van der Waals surface area contributed by atoms with Crippen LogP contribution in [-0.4, -0.2) is 73.1 Å². The first-order chi connectivity index (χ1) is 13.2. The van der Waals surface area contributed by atoms with Crippen molar-refractivity contribution in [3.05, 3.63) is 29.8 Å². The number of hydrogen-bond acceptors (Lipinski definition) is 5. The van der Waals surface area contributed by atoms with Gasteiger partial charge in [-0.15, -0.1) is 0 Å². The quantitative estimate of drug-likeness (QED) is 0.847. The van der Waals surface area contributed by atoms with Gasteiger partial charge >= 0.3 is 6.09 Å². The van der Waals surface area contributed by atoms with E-state index in [4.69, 9.17) is 9.47 Å². The predicted molar refractivity (Wildman–Crippen MR) is 104 cm³/mol. The highest BCUT2D eigenvalue weighted by molar-refractivity contribution is 5.94. The molecule has 8 heteroatoms. The average Bonchev–Trinajstić information content (AvgIpc) is 2.90. The zero-order valence-electron chi connectivity index (χ0n) is 17.0. The highest BCUT2D eigenvalue weighted by Crippen LogP contribution is 2.14. The molecule has 1 aliphatic rings. The summed E-state index contributed by atoms with van der Waals surface area (Å²) in [6.45, 7) is 7.16. The minimum atomic E-state index is -0.619. The van der Waals surface area contributed by atoms with E-state index in [2.05, 4.69) is 5.32 Å². The zero-order valence-corrected chi connectivity index (χ0v) is 17.0. The number of carbonyl (C=O) groups is 3.